The predicted octanol–water partition coefficient (Wildman–Crippen LogP) is 4.07. The van der Waals surface area contributed by atoms with Gasteiger partial charge in [0.1, 0.15) is 5.82 Å². The molecular weight excluding hydrogens is 382 g/mol. The van der Waals surface area contributed by atoms with Crippen molar-refractivity contribution in [3.8, 4) is 12.3 Å². The van der Waals surface area contributed by atoms with E-state index in [0.29, 0.717) is 23.3 Å². The Morgan fingerprint density at radius 2 is 2.21 bits per heavy atom. The molecule has 1 aromatic heterocycles. The first-order valence-corrected chi connectivity index (χ1v) is 10.7. The van der Waals surface area contributed by atoms with Gasteiger partial charge in [-0.2, -0.15) is 0 Å². The number of hydrogen-bond donors (Lipinski definition) is 2. The molecule has 1 saturated carbocycles. The largest absolute Gasteiger partial charge is 0.372 e. The molecule has 2 heterocycles. The van der Waals surface area contributed by atoms with Gasteiger partial charge in [0.25, 0.3) is 5.54 Å². The molecule has 0 spiro atoms. The van der Waals surface area contributed by atoms with Crippen LogP contribution in [0, 0.1) is 24.8 Å². The monoisotopic (exact) mass is 405 g/mol. The number of nitrogens with one attached hydrogen (secondary N) is 2. The third-order valence-corrected chi connectivity index (χ3v) is 6.49. The van der Waals surface area contributed by atoms with Gasteiger partial charge in [-0.05, 0) is 36.8 Å². The number of amides is 2. The molecular formula is C22H23N5OS. The molecule has 1 saturated heterocycles. The van der Waals surface area contributed by atoms with Gasteiger partial charge in [-0.1, -0.05) is 12.1 Å². The fourth-order valence-electron chi connectivity index (χ4n) is 3.77. The van der Waals surface area contributed by atoms with Crippen molar-refractivity contribution in [3.05, 3.63) is 51.6 Å². The maximum Gasteiger partial charge on any atom is 0.320 e. The van der Waals surface area contributed by atoms with Gasteiger partial charge in [-0.25, -0.2) is 16.4 Å². The van der Waals surface area contributed by atoms with Crippen LogP contribution in [-0.4, -0.2) is 30.6 Å². The van der Waals surface area contributed by atoms with E-state index in [9.17, 15) is 4.79 Å². The fraction of sp³-hybridized carbons (Fsp3) is 0.409. The molecule has 2 aliphatic rings. The van der Waals surface area contributed by atoms with Crippen LogP contribution in [0.2, 0.25) is 0 Å². The van der Waals surface area contributed by atoms with E-state index >= 15 is 0 Å². The molecule has 1 aromatic carbocycles. The molecule has 0 unspecified atom stereocenters. The molecule has 29 heavy (non-hydrogen) atoms. The number of hydrogen-bond acceptors (Lipinski definition) is 4. The molecule has 0 bridgehead atoms. The number of piperidine rings is 1. The third kappa shape index (κ3) is 4.36. The van der Waals surface area contributed by atoms with Gasteiger partial charge < -0.3 is 15.1 Å². The summed E-state index contributed by atoms with van der Waals surface area (Å²) < 4.78 is 0. The predicted molar refractivity (Wildman–Crippen MR) is 116 cm³/mol. The molecule has 0 radical (unpaired) electrons. The Morgan fingerprint density at radius 1 is 1.41 bits per heavy atom. The summed E-state index contributed by atoms with van der Waals surface area (Å²) in [5.41, 5.74) is 2.10. The lowest BCUT2D eigenvalue weighted by Crippen LogP contribution is -2.39. The zero-order valence-corrected chi connectivity index (χ0v) is 17.0. The van der Waals surface area contributed by atoms with E-state index in [-0.39, 0.29) is 11.6 Å². The molecule has 2 amide bonds. The molecule has 2 N–H and O–H groups in total. The highest BCUT2D eigenvalue weighted by molar-refractivity contribution is 7.10. The van der Waals surface area contributed by atoms with E-state index in [2.05, 4.69) is 55.5 Å². The number of thiazole rings is 1. The summed E-state index contributed by atoms with van der Waals surface area (Å²) in [6, 6.07) is 8.22. The molecule has 0 atom stereocenters. The van der Waals surface area contributed by atoms with Crippen molar-refractivity contribution >= 4 is 28.9 Å². The van der Waals surface area contributed by atoms with Crippen molar-refractivity contribution in [1.29, 1.82) is 0 Å². The van der Waals surface area contributed by atoms with Crippen LogP contribution in [0.15, 0.2) is 29.6 Å². The van der Waals surface area contributed by atoms with Gasteiger partial charge >= 0.3 is 6.03 Å². The van der Waals surface area contributed by atoms with Gasteiger partial charge in [0.15, 0.2) is 5.01 Å². The number of carbonyl (C=O) groups is 1. The molecule has 7 heteroatoms. The number of benzene rings is 1. The second-order valence-corrected chi connectivity index (χ2v) is 8.50. The van der Waals surface area contributed by atoms with Gasteiger partial charge in [-0.3, -0.25) is 5.32 Å². The van der Waals surface area contributed by atoms with E-state index in [1.807, 2.05) is 0 Å². The Balaban J connectivity index is 1.25. The van der Waals surface area contributed by atoms with Crippen molar-refractivity contribution in [2.24, 2.45) is 5.92 Å². The number of terminal acetylenes is 1. The van der Waals surface area contributed by atoms with E-state index in [1.54, 1.807) is 5.38 Å². The second-order valence-electron chi connectivity index (χ2n) is 7.64. The topological polar surface area (TPSA) is 61.6 Å². The minimum Gasteiger partial charge on any atom is -0.372 e. The van der Waals surface area contributed by atoms with Crippen LogP contribution < -0.4 is 15.5 Å². The highest BCUT2D eigenvalue weighted by atomic mass is 32.1. The maximum atomic E-state index is 12.1. The SMILES string of the molecule is [C-]#[N+]C1(c2cccc(N3CCC(CNC(=O)Nc4csc(C#C)n4)CC3)c2)CC1. The highest BCUT2D eigenvalue weighted by Gasteiger charge is 2.52. The fourth-order valence-corrected chi connectivity index (χ4v) is 4.32. The van der Waals surface area contributed by atoms with Crippen LogP contribution in [0.3, 0.4) is 0 Å². The van der Waals surface area contributed by atoms with E-state index in [4.69, 9.17) is 13.0 Å². The summed E-state index contributed by atoms with van der Waals surface area (Å²) in [6.07, 6.45) is 9.29. The first-order valence-electron chi connectivity index (χ1n) is 9.83. The zero-order chi connectivity index (χ0) is 20.3. The lowest BCUT2D eigenvalue weighted by Gasteiger charge is -2.34. The minimum atomic E-state index is -0.260. The smallest absolute Gasteiger partial charge is 0.320 e. The maximum absolute atomic E-state index is 12.1. The van der Waals surface area contributed by atoms with E-state index in [1.165, 1.54) is 17.0 Å². The number of anilines is 2. The standard InChI is InChI=1S/C22H23N5OS/c1-3-20-25-19(15-29-20)26-21(28)24-14-16-7-11-27(12-8-16)18-6-4-5-17(13-18)22(23-2)9-10-22/h1,4-6,13,15-16H,7-12,14H2,(H2,24,26,28). The Kier molecular flexibility index (Phi) is 5.42. The minimum absolute atomic E-state index is 0.247. The molecule has 2 aromatic rings. The number of nitrogens with zero attached hydrogens (tertiary/aromatic N) is 3. The Bertz CT molecular complexity index is 974. The van der Waals surface area contributed by atoms with Crippen molar-refractivity contribution in [1.82, 2.24) is 10.3 Å². The van der Waals surface area contributed by atoms with Crippen LogP contribution in [0.25, 0.3) is 4.85 Å². The highest BCUT2D eigenvalue weighted by Crippen LogP contribution is 2.50. The summed E-state index contributed by atoms with van der Waals surface area (Å²) in [7, 11) is 0. The molecule has 1 aliphatic heterocycles. The first-order chi connectivity index (χ1) is 14.1. The number of rotatable bonds is 5. The lowest BCUT2D eigenvalue weighted by molar-refractivity contribution is 0.248. The van der Waals surface area contributed by atoms with E-state index in [0.717, 1.165) is 44.3 Å². The van der Waals surface area contributed by atoms with Crippen LogP contribution in [0.4, 0.5) is 16.3 Å². The summed E-state index contributed by atoms with van der Waals surface area (Å²) in [4.78, 5) is 22.4. The van der Waals surface area contributed by atoms with Gasteiger partial charge in [0.05, 0.1) is 0 Å². The van der Waals surface area contributed by atoms with Crippen LogP contribution in [-0.2, 0) is 5.54 Å². The van der Waals surface area contributed by atoms with Crippen molar-refractivity contribution in [3.63, 3.8) is 0 Å². The molecule has 1 aliphatic carbocycles. The average molecular weight is 406 g/mol. The van der Waals surface area contributed by atoms with Crippen LogP contribution >= 0.6 is 11.3 Å². The Hall–Kier alpha value is -3.03. The number of urea groups is 1. The first kappa shape index (κ1) is 19.3. The quantitative estimate of drug-likeness (QED) is 0.582. The molecule has 148 valence electrons. The number of aromatic nitrogens is 1. The summed E-state index contributed by atoms with van der Waals surface area (Å²) >= 11 is 1.33. The summed E-state index contributed by atoms with van der Waals surface area (Å²) in [5, 5.41) is 7.95. The van der Waals surface area contributed by atoms with Gasteiger partial charge in [0.2, 0.25) is 0 Å². The molecule has 4 rings (SSSR count). The Labute approximate surface area is 175 Å². The normalized spacial score (nSPS) is 17.8. The van der Waals surface area contributed by atoms with Gasteiger partial charge in [0, 0.05) is 49.1 Å². The third-order valence-electron chi connectivity index (χ3n) is 5.72. The average Bonchev–Trinajstić information content (AvgIpc) is 3.45. The zero-order valence-electron chi connectivity index (χ0n) is 16.1. The Morgan fingerprint density at radius 3 is 2.86 bits per heavy atom. The molecule has 6 nitrogen and oxygen atoms in total. The van der Waals surface area contributed by atoms with Crippen LogP contribution in [0.1, 0.15) is 36.3 Å². The lowest BCUT2D eigenvalue weighted by atomic mass is 9.96. The second kappa shape index (κ2) is 8.14. The summed E-state index contributed by atoms with van der Waals surface area (Å²) in [5.74, 6) is 3.40. The van der Waals surface area contributed by atoms with Crippen molar-refractivity contribution in [2.45, 2.75) is 31.2 Å². The van der Waals surface area contributed by atoms with Crippen molar-refractivity contribution < 1.29 is 4.79 Å². The summed E-state index contributed by atoms with van der Waals surface area (Å²) in [6.45, 7) is 10.0. The van der Waals surface area contributed by atoms with Crippen LogP contribution in [0.5, 0.6) is 0 Å². The van der Waals surface area contributed by atoms with Gasteiger partial charge in [-0.15, -0.1) is 17.8 Å². The van der Waals surface area contributed by atoms with Crippen molar-refractivity contribution in [2.75, 3.05) is 29.9 Å². The molecule has 2 fully saturated rings. The number of carbonyl (C=O) groups excluding carboxylic acids is 1. The van der Waals surface area contributed by atoms with E-state index < -0.39 is 0 Å².